The average Bonchev–Trinajstić information content (AvgIpc) is 1.84. The number of carbonyl (C=O) groups is 2. The topological polar surface area (TPSA) is 78.4 Å². The quantitative estimate of drug-likeness (QED) is 0.568. The number of amides is 2. The Labute approximate surface area is 71.1 Å². The van der Waals surface area contributed by atoms with E-state index in [0.29, 0.717) is 0 Å². The second-order valence-electron chi connectivity index (χ2n) is 2.70. The van der Waals surface area contributed by atoms with Crippen LogP contribution < -0.4 is 10.6 Å². The molecular formula is C7H14N2O3. The molecule has 0 aromatic carbocycles. The molecule has 2 amide bonds. The van der Waals surface area contributed by atoms with Gasteiger partial charge in [0.2, 0.25) is 5.91 Å². The number of nitrogens with one attached hydrogen (secondary N) is 2. The Bertz CT molecular complexity index is 168. The lowest BCUT2D eigenvalue weighted by molar-refractivity contribution is -0.121. The fraction of sp³-hybridized carbons (Fsp3) is 0.714. The smallest absolute Gasteiger partial charge is 0.404 e. The van der Waals surface area contributed by atoms with Crippen LogP contribution in [0.25, 0.3) is 0 Å². The lowest BCUT2D eigenvalue weighted by Crippen LogP contribution is -2.33. The Morgan fingerprint density at radius 1 is 1.42 bits per heavy atom. The van der Waals surface area contributed by atoms with Crippen molar-refractivity contribution in [1.29, 1.82) is 0 Å². The largest absolute Gasteiger partial charge is 0.465 e. The Balaban J connectivity index is 3.38. The minimum atomic E-state index is -1.10. The molecule has 5 heteroatoms. The summed E-state index contributed by atoms with van der Waals surface area (Å²) in [5, 5.41) is 12.9. The summed E-state index contributed by atoms with van der Waals surface area (Å²) < 4.78 is 0. The van der Waals surface area contributed by atoms with E-state index in [9.17, 15) is 9.59 Å². The summed E-state index contributed by atoms with van der Waals surface area (Å²) in [4.78, 5) is 20.9. The van der Waals surface area contributed by atoms with Crippen molar-refractivity contribution in [3.05, 3.63) is 0 Å². The molecule has 70 valence electrons. The van der Waals surface area contributed by atoms with Crippen LogP contribution in [0.15, 0.2) is 0 Å². The summed E-state index contributed by atoms with van der Waals surface area (Å²) in [7, 11) is 0. The molecule has 0 bridgehead atoms. The van der Waals surface area contributed by atoms with Crippen molar-refractivity contribution in [3.8, 4) is 0 Å². The molecule has 0 saturated carbocycles. The van der Waals surface area contributed by atoms with Gasteiger partial charge in [-0.05, 0) is 13.8 Å². The first-order valence-corrected chi connectivity index (χ1v) is 3.78. The van der Waals surface area contributed by atoms with Crippen LogP contribution in [-0.2, 0) is 4.79 Å². The van der Waals surface area contributed by atoms with E-state index in [2.05, 4.69) is 10.6 Å². The molecule has 0 aliphatic rings. The average molecular weight is 174 g/mol. The van der Waals surface area contributed by atoms with Gasteiger partial charge in [0, 0.05) is 19.0 Å². The Kier molecular flexibility index (Phi) is 4.83. The van der Waals surface area contributed by atoms with E-state index < -0.39 is 6.09 Å². The van der Waals surface area contributed by atoms with E-state index in [0.717, 1.165) is 0 Å². The third kappa shape index (κ3) is 6.85. The molecule has 0 radical (unpaired) electrons. The fourth-order valence-corrected chi connectivity index (χ4v) is 0.677. The second-order valence-corrected chi connectivity index (χ2v) is 2.70. The van der Waals surface area contributed by atoms with Crippen LogP contribution in [-0.4, -0.2) is 29.7 Å². The molecule has 0 aliphatic heterocycles. The van der Waals surface area contributed by atoms with Gasteiger partial charge in [-0.15, -0.1) is 0 Å². The second kappa shape index (κ2) is 5.40. The number of carbonyl (C=O) groups excluding carboxylic acids is 1. The minimum Gasteiger partial charge on any atom is -0.465 e. The fourth-order valence-electron chi connectivity index (χ4n) is 0.677. The third-order valence-corrected chi connectivity index (χ3v) is 1.08. The summed E-state index contributed by atoms with van der Waals surface area (Å²) in [6.07, 6.45) is -0.919. The zero-order valence-corrected chi connectivity index (χ0v) is 7.26. The zero-order chi connectivity index (χ0) is 9.56. The first kappa shape index (κ1) is 10.7. The molecule has 0 unspecified atom stereocenters. The van der Waals surface area contributed by atoms with Crippen LogP contribution in [0.2, 0.25) is 0 Å². The highest BCUT2D eigenvalue weighted by atomic mass is 16.4. The molecular weight excluding hydrogens is 160 g/mol. The van der Waals surface area contributed by atoms with Gasteiger partial charge in [-0.3, -0.25) is 4.79 Å². The Morgan fingerprint density at radius 3 is 2.42 bits per heavy atom. The van der Waals surface area contributed by atoms with E-state index in [4.69, 9.17) is 5.11 Å². The molecule has 0 atom stereocenters. The van der Waals surface area contributed by atoms with Crippen LogP contribution in [0, 0.1) is 0 Å². The summed E-state index contributed by atoms with van der Waals surface area (Å²) in [6, 6.07) is 0.0994. The maximum absolute atomic E-state index is 10.9. The van der Waals surface area contributed by atoms with Gasteiger partial charge >= 0.3 is 6.09 Å². The normalized spacial score (nSPS) is 9.58. The van der Waals surface area contributed by atoms with E-state index >= 15 is 0 Å². The third-order valence-electron chi connectivity index (χ3n) is 1.08. The maximum atomic E-state index is 10.9. The number of rotatable bonds is 4. The minimum absolute atomic E-state index is 0.0994. The first-order chi connectivity index (χ1) is 5.52. The SMILES string of the molecule is CC(C)NC(=O)CCNC(=O)O. The van der Waals surface area contributed by atoms with Gasteiger partial charge < -0.3 is 15.7 Å². The van der Waals surface area contributed by atoms with Crippen LogP contribution in [0.3, 0.4) is 0 Å². The molecule has 0 fully saturated rings. The summed E-state index contributed by atoms with van der Waals surface area (Å²) in [5.41, 5.74) is 0. The van der Waals surface area contributed by atoms with Crippen molar-refractivity contribution in [2.24, 2.45) is 0 Å². The molecule has 0 heterocycles. The van der Waals surface area contributed by atoms with Crippen LogP contribution >= 0.6 is 0 Å². The predicted molar refractivity (Wildman–Crippen MR) is 43.9 cm³/mol. The lowest BCUT2D eigenvalue weighted by atomic mass is 10.3. The highest BCUT2D eigenvalue weighted by Crippen LogP contribution is 1.81. The van der Waals surface area contributed by atoms with Gasteiger partial charge in [-0.2, -0.15) is 0 Å². The van der Waals surface area contributed by atoms with Crippen LogP contribution in [0.1, 0.15) is 20.3 Å². The zero-order valence-electron chi connectivity index (χ0n) is 7.26. The van der Waals surface area contributed by atoms with Crippen molar-refractivity contribution < 1.29 is 14.7 Å². The van der Waals surface area contributed by atoms with Crippen LogP contribution in [0.4, 0.5) is 4.79 Å². The molecule has 0 aromatic heterocycles. The molecule has 0 aliphatic carbocycles. The van der Waals surface area contributed by atoms with E-state index in [1.54, 1.807) is 0 Å². The van der Waals surface area contributed by atoms with E-state index in [-0.39, 0.29) is 24.9 Å². The monoisotopic (exact) mass is 174 g/mol. The van der Waals surface area contributed by atoms with Gasteiger partial charge in [-0.1, -0.05) is 0 Å². The van der Waals surface area contributed by atoms with Crippen molar-refractivity contribution in [1.82, 2.24) is 10.6 Å². The molecule has 12 heavy (non-hydrogen) atoms. The van der Waals surface area contributed by atoms with Gasteiger partial charge in [0.1, 0.15) is 0 Å². The summed E-state index contributed by atoms with van der Waals surface area (Å²) >= 11 is 0. The molecule has 3 N–H and O–H groups in total. The van der Waals surface area contributed by atoms with Gasteiger partial charge in [0.15, 0.2) is 0 Å². The molecule has 0 spiro atoms. The number of carboxylic acid groups (broad SMARTS) is 1. The van der Waals surface area contributed by atoms with Gasteiger partial charge in [0.05, 0.1) is 0 Å². The highest BCUT2D eigenvalue weighted by molar-refractivity contribution is 5.77. The van der Waals surface area contributed by atoms with Gasteiger partial charge in [0.25, 0.3) is 0 Å². The molecule has 0 aromatic rings. The number of hydrogen-bond donors (Lipinski definition) is 3. The Hall–Kier alpha value is -1.26. The standard InChI is InChI=1S/C7H14N2O3/c1-5(2)9-6(10)3-4-8-7(11)12/h5,8H,3-4H2,1-2H3,(H,9,10)(H,11,12). The van der Waals surface area contributed by atoms with Gasteiger partial charge in [-0.25, -0.2) is 4.79 Å². The van der Waals surface area contributed by atoms with Crippen molar-refractivity contribution in [2.45, 2.75) is 26.3 Å². The predicted octanol–water partition coefficient (Wildman–Crippen LogP) is 0.169. The highest BCUT2D eigenvalue weighted by Gasteiger charge is 2.02. The molecule has 0 saturated heterocycles. The van der Waals surface area contributed by atoms with E-state index in [1.807, 2.05) is 13.8 Å². The van der Waals surface area contributed by atoms with E-state index in [1.165, 1.54) is 0 Å². The van der Waals surface area contributed by atoms with Crippen molar-refractivity contribution in [2.75, 3.05) is 6.54 Å². The van der Waals surface area contributed by atoms with Crippen molar-refractivity contribution in [3.63, 3.8) is 0 Å². The summed E-state index contributed by atoms with van der Waals surface area (Å²) in [6.45, 7) is 3.86. The number of hydrogen-bond acceptors (Lipinski definition) is 2. The van der Waals surface area contributed by atoms with Crippen LogP contribution in [0.5, 0.6) is 0 Å². The summed E-state index contributed by atoms with van der Waals surface area (Å²) in [5.74, 6) is -0.140. The maximum Gasteiger partial charge on any atom is 0.404 e. The molecule has 0 rings (SSSR count). The Morgan fingerprint density at radius 2 is 2.00 bits per heavy atom. The first-order valence-electron chi connectivity index (χ1n) is 3.78. The molecule has 5 nitrogen and oxygen atoms in total. The van der Waals surface area contributed by atoms with Crippen molar-refractivity contribution >= 4 is 12.0 Å². The lowest BCUT2D eigenvalue weighted by Gasteiger charge is -2.07.